The molecule has 1 atom stereocenters. The van der Waals surface area contributed by atoms with Gasteiger partial charge in [0.15, 0.2) is 0 Å². The molecule has 0 spiro atoms. The summed E-state index contributed by atoms with van der Waals surface area (Å²) in [5.41, 5.74) is 5.86. The van der Waals surface area contributed by atoms with Crippen molar-refractivity contribution < 1.29 is 4.79 Å². The Balaban J connectivity index is 1.75. The molecule has 0 saturated carbocycles. The highest BCUT2D eigenvalue weighted by atomic mass is 16.2. The molecule has 4 saturated heterocycles. The summed E-state index contributed by atoms with van der Waals surface area (Å²) in [7, 11) is 0. The Labute approximate surface area is 102 Å². The second kappa shape index (κ2) is 4.23. The molecule has 4 heterocycles. The quantitative estimate of drug-likeness (QED) is 0.605. The van der Waals surface area contributed by atoms with E-state index in [1.54, 1.807) is 0 Å². The monoisotopic (exact) mass is 238 g/mol. The minimum atomic E-state index is -0.603. The number of hydrogen-bond acceptors (Lipinski definition) is 4. The standard InChI is InChI=1S/C12H22N4O/c13-12(9-15-5-1-10(12)2-6-15)11(17)16-7-3-14-4-8-16/h10,14H,1-9,13H2. The molecule has 0 aliphatic carbocycles. The Morgan fingerprint density at radius 3 is 2.35 bits per heavy atom. The Morgan fingerprint density at radius 2 is 1.82 bits per heavy atom. The molecule has 4 aliphatic heterocycles. The summed E-state index contributed by atoms with van der Waals surface area (Å²) in [5, 5.41) is 3.27. The van der Waals surface area contributed by atoms with Crippen LogP contribution in [0.3, 0.4) is 0 Å². The first-order valence-electron chi connectivity index (χ1n) is 6.71. The number of carbonyl (C=O) groups excluding carboxylic acids is 1. The van der Waals surface area contributed by atoms with Gasteiger partial charge in [-0.15, -0.1) is 0 Å². The van der Waals surface area contributed by atoms with Crippen LogP contribution in [-0.4, -0.2) is 67.1 Å². The van der Waals surface area contributed by atoms with Crippen LogP contribution in [0, 0.1) is 5.92 Å². The Bertz CT molecular complexity index is 308. The molecule has 17 heavy (non-hydrogen) atoms. The van der Waals surface area contributed by atoms with Crippen LogP contribution in [0.15, 0.2) is 0 Å². The van der Waals surface area contributed by atoms with Gasteiger partial charge in [0.05, 0.1) is 0 Å². The van der Waals surface area contributed by atoms with Crippen LogP contribution < -0.4 is 11.1 Å². The van der Waals surface area contributed by atoms with Crippen LogP contribution in [0.2, 0.25) is 0 Å². The SMILES string of the molecule is NC1(C(=O)N2CCNCC2)CN2CCC1CC2. The van der Waals surface area contributed by atoms with Gasteiger partial charge in [0.2, 0.25) is 5.91 Å². The fourth-order valence-corrected chi connectivity index (χ4v) is 3.51. The molecule has 0 aromatic rings. The second-order valence-electron chi connectivity index (χ2n) is 5.63. The van der Waals surface area contributed by atoms with Crippen molar-refractivity contribution >= 4 is 5.91 Å². The summed E-state index contributed by atoms with van der Waals surface area (Å²) in [6.07, 6.45) is 2.18. The van der Waals surface area contributed by atoms with Crippen molar-refractivity contribution in [2.24, 2.45) is 11.7 Å². The van der Waals surface area contributed by atoms with E-state index in [-0.39, 0.29) is 5.91 Å². The first kappa shape index (κ1) is 11.4. The minimum absolute atomic E-state index is 0.188. The van der Waals surface area contributed by atoms with Crippen molar-refractivity contribution in [2.45, 2.75) is 18.4 Å². The van der Waals surface area contributed by atoms with E-state index >= 15 is 0 Å². The zero-order chi connectivity index (χ0) is 11.9. The zero-order valence-electron chi connectivity index (χ0n) is 10.3. The molecular formula is C12H22N4O. The van der Waals surface area contributed by atoms with Gasteiger partial charge in [0.1, 0.15) is 5.54 Å². The van der Waals surface area contributed by atoms with Crippen molar-refractivity contribution in [1.29, 1.82) is 0 Å². The predicted octanol–water partition coefficient (Wildman–Crippen LogP) is -1.16. The van der Waals surface area contributed by atoms with E-state index in [2.05, 4.69) is 10.2 Å². The van der Waals surface area contributed by atoms with E-state index in [4.69, 9.17) is 5.73 Å². The van der Waals surface area contributed by atoms with Gasteiger partial charge in [-0.05, 0) is 31.8 Å². The third-order valence-electron chi connectivity index (χ3n) is 4.60. The highest BCUT2D eigenvalue weighted by molar-refractivity contribution is 5.87. The number of amides is 1. The van der Waals surface area contributed by atoms with E-state index in [0.29, 0.717) is 5.92 Å². The Hall–Kier alpha value is -0.650. The fraction of sp³-hybridized carbons (Fsp3) is 0.917. The van der Waals surface area contributed by atoms with Gasteiger partial charge in [0.25, 0.3) is 0 Å². The first-order valence-corrected chi connectivity index (χ1v) is 6.71. The van der Waals surface area contributed by atoms with Crippen LogP contribution in [0.1, 0.15) is 12.8 Å². The molecular weight excluding hydrogens is 216 g/mol. The highest BCUT2D eigenvalue weighted by Crippen LogP contribution is 2.35. The summed E-state index contributed by atoms with van der Waals surface area (Å²) >= 11 is 0. The summed E-state index contributed by atoms with van der Waals surface area (Å²) in [6, 6.07) is 0. The first-order chi connectivity index (χ1) is 8.20. The molecule has 0 aromatic carbocycles. The molecule has 5 heteroatoms. The maximum Gasteiger partial charge on any atom is 0.244 e. The van der Waals surface area contributed by atoms with Crippen LogP contribution in [0.25, 0.3) is 0 Å². The van der Waals surface area contributed by atoms with Crippen LogP contribution >= 0.6 is 0 Å². The number of hydrogen-bond donors (Lipinski definition) is 2. The zero-order valence-corrected chi connectivity index (χ0v) is 10.3. The number of nitrogens with two attached hydrogens (primary N) is 1. The Morgan fingerprint density at radius 1 is 1.18 bits per heavy atom. The number of nitrogens with zero attached hydrogens (tertiary/aromatic N) is 2. The molecule has 0 radical (unpaired) electrons. The maximum atomic E-state index is 12.6. The number of nitrogens with one attached hydrogen (secondary N) is 1. The van der Waals surface area contributed by atoms with Crippen molar-refractivity contribution in [1.82, 2.24) is 15.1 Å². The molecule has 4 rings (SSSR count). The molecule has 2 bridgehead atoms. The fourth-order valence-electron chi connectivity index (χ4n) is 3.51. The molecule has 1 amide bonds. The smallest absolute Gasteiger partial charge is 0.244 e. The second-order valence-corrected chi connectivity index (χ2v) is 5.63. The van der Waals surface area contributed by atoms with Crippen molar-refractivity contribution in [3.63, 3.8) is 0 Å². The number of fused-ring (bicyclic) bond motifs is 3. The molecule has 4 aliphatic rings. The molecule has 0 aromatic heterocycles. The Kier molecular flexibility index (Phi) is 2.84. The maximum absolute atomic E-state index is 12.6. The van der Waals surface area contributed by atoms with Gasteiger partial charge < -0.3 is 20.9 Å². The van der Waals surface area contributed by atoms with E-state index in [1.165, 1.54) is 0 Å². The average Bonchev–Trinajstić information content (AvgIpc) is 2.40. The van der Waals surface area contributed by atoms with Crippen molar-refractivity contribution in [3.05, 3.63) is 0 Å². The number of piperazine rings is 1. The van der Waals surface area contributed by atoms with E-state index in [0.717, 1.165) is 58.7 Å². The molecule has 4 fully saturated rings. The van der Waals surface area contributed by atoms with Crippen molar-refractivity contribution in [3.8, 4) is 0 Å². The lowest BCUT2D eigenvalue weighted by Gasteiger charge is -2.51. The lowest BCUT2D eigenvalue weighted by Crippen LogP contribution is -2.71. The minimum Gasteiger partial charge on any atom is -0.339 e. The number of piperidine rings is 3. The number of rotatable bonds is 1. The highest BCUT2D eigenvalue weighted by Gasteiger charge is 2.50. The van der Waals surface area contributed by atoms with Crippen LogP contribution in [0.4, 0.5) is 0 Å². The van der Waals surface area contributed by atoms with Crippen molar-refractivity contribution in [2.75, 3.05) is 45.8 Å². The third-order valence-corrected chi connectivity index (χ3v) is 4.60. The lowest BCUT2D eigenvalue weighted by atomic mass is 9.72. The van der Waals surface area contributed by atoms with Gasteiger partial charge in [-0.1, -0.05) is 0 Å². The van der Waals surface area contributed by atoms with E-state index < -0.39 is 5.54 Å². The number of carbonyl (C=O) groups is 1. The van der Waals surface area contributed by atoms with E-state index in [9.17, 15) is 4.79 Å². The molecule has 1 unspecified atom stereocenters. The van der Waals surface area contributed by atoms with Crippen LogP contribution in [0.5, 0.6) is 0 Å². The predicted molar refractivity (Wildman–Crippen MR) is 65.5 cm³/mol. The van der Waals surface area contributed by atoms with Gasteiger partial charge in [-0.25, -0.2) is 0 Å². The van der Waals surface area contributed by atoms with Gasteiger partial charge in [-0.3, -0.25) is 4.79 Å². The third kappa shape index (κ3) is 1.86. The molecule has 3 N–H and O–H groups in total. The average molecular weight is 238 g/mol. The summed E-state index contributed by atoms with van der Waals surface area (Å²) in [4.78, 5) is 16.9. The van der Waals surface area contributed by atoms with Gasteiger partial charge in [0, 0.05) is 32.7 Å². The van der Waals surface area contributed by atoms with Gasteiger partial charge >= 0.3 is 0 Å². The van der Waals surface area contributed by atoms with Gasteiger partial charge in [-0.2, -0.15) is 0 Å². The summed E-state index contributed by atoms with van der Waals surface area (Å²) in [5.74, 6) is 0.586. The lowest BCUT2D eigenvalue weighted by molar-refractivity contribution is -0.145. The van der Waals surface area contributed by atoms with Crippen LogP contribution in [-0.2, 0) is 4.79 Å². The normalized spacial score (nSPS) is 41.6. The topological polar surface area (TPSA) is 61.6 Å². The summed E-state index contributed by atoms with van der Waals surface area (Å²) < 4.78 is 0. The largest absolute Gasteiger partial charge is 0.339 e. The summed E-state index contributed by atoms with van der Waals surface area (Å²) in [6.45, 7) is 6.43. The molecule has 5 nitrogen and oxygen atoms in total. The molecule has 96 valence electrons. The van der Waals surface area contributed by atoms with E-state index in [1.807, 2.05) is 4.90 Å².